The van der Waals surface area contributed by atoms with Gasteiger partial charge in [0.2, 0.25) is 5.91 Å². The Morgan fingerprint density at radius 1 is 1.50 bits per heavy atom. The molecule has 1 aliphatic carbocycles. The van der Waals surface area contributed by atoms with Crippen LogP contribution in [0.2, 0.25) is 0 Å². The van der Waals surface area contributed by atoms with Crippen molar-refractivity contribution in [3.05, 3.63) is 23.8 Å². The highest BCUT2D eigenvalue weighted by atomic mass is 16.5. The number of amides is 1. The molecule has 1 saturated carbocycles. The Morgan fingerprint density at radius 2 is 2.22 bits per heavy atom. The molecule has 1 aliphatic rings. The molecule has 3 N–H and O–H groups in total. The number of nitrogens with two attached hydrogens (primary N) is 1. The monoisotopic (exact) mass is 248 g/mol. The number of anilines is 1. The van der Waals surface area contributed by atoms with Crippen molar-refractivity contribution in [3.8, 4) is 5.75 Å². The van der Waals surface area contributed by atoms with E-state index in [9.17, 15) is 4.79 Å². The Hall–Kier alpha value is -1.55. The maximum atomic E-state index is 11.9. The van der Waals surface area contributed by atoms with Crippen molar-refractivity contribution >= 4 is 11.6 Å². The minimum Gasteiger partial charge on any atom is -0.494 e. The summed E-state index contributed by atoms with van der Waals surface area (Å²) in [6.45, 7) is 4.57. The fourth-order valence-corrected chi connectivity index (χ4v) is 2.16. The van der Waals surface area contributed by atoms with Crippen molar-refractivity contribution in [1.82, 2.24) is 0 Å². The van der Waals surface area contributed by atoms with Gasteiger partial charge in [-0.15, -0.1) is 0 Å². The Kier molecular flexibility index (Phi) is 3.87. The predicted molar refractivity (Wildman–Crippen MR) is 71.7 cm³/mol. The molecule has 1 fully saturated rings. The number of ether oxygens (including phenoxy) is 1. The van der Waals surface area contributed by atoms with Crippen LogP contribution in [0.15, 0.2) is 18.2 Å². The van der Waals surface area contributed by atoms with E-state index in [1.165, 1.54) is 0 Å². The standard InChI is InChI=1S/C14H20N2O2/c1-3-18-13-5-4-12(6-9(13)2)16-14(17)10-7-11(15)8-10/h4-6,10-11H,3,7-8,15H2,1-2H3,(H,16,17). The lowest BCUT2D eigenvalue weighted by molar-refractivity contribution is -0.122. The lowest BCUT2D eigenvalue weighted by Crippen LogP contribution is -2.42. The highest BCUT2D eigenvalue weighted by Gasteiger charge is 2.31. The third-order valence-corrected chi connectivity index (χ3v) is 3.29. The van der Waals surface area contributed by atoms with Crippen LogP contribution < -0.4 is 15.8 Å². The molecular formula is C14H20N2O2. The van der Waals surface area contributed by atoms with Gasteiger partial charge >= 0.3 is 0 Å². The summed E-state index contributed by atoms with van der Waals surface area (Å²) in [4.78, 5) is 11.9. The average molecular weight is 248 g/mol. The van der Waals surface area contributed by atoms with Crippen LogP contribution in [0, 0.1) is 12.8 Å². The topological polar surface area (TPSA) is 64.3 Å². The third-order valence-electron chi connectivity index (χ3n) is 3.29. The molecule has 4 heteroatoms. The molecule has 0 bridgehead atoms. The minimum absolute atomic E-state index is 0.0697. The van der Waals surface area contributed by atoms with Gasteiger partial charge < -0.3 is 15.8 Å². The van der Waals surface area contributed by atoms with Crippen LogP contribution in [0.5, 0.6) is 5.75 Å². The lowest BCUT2D eigenvalue weighted by atomic mass is 9.80. The molecule has 0 aromatic heterocycles. The SMILES string of the molecule is CCOc1ccc(NC(=O)C2CC(N)C2)cc1C. The van der Waals surface area contributed by atoms with E-state index in [-0.39, 0.29) is 17.9 Å². The van der Waals surface area contributed by atoms with Gasteiger partial charge in [0.15, 0.2) is 0 Å². The van der Waals surface area contributed by atoms with Crippen molar-refractivity contribution in [2.24, 2.45) is 11.7 Å². The first-order chi connectivity index (χ1) is 8.60. The van der Waals surface area contributed by atoms with E-state index in [1.807, 2.05) is 32.0 Å². The van der Waals surface area contributed by atoms with Crippen LogP contribution >= 0.6 is 0 Å². The number of aryl methyl sites for hydroxylation is 1. The molecule has 0 atom stereocenters. The molecular weight excluding hydrogens is 228 g/mol. The molecule has 1 aromatic carbocycles. The van der Waals surface area contributed by atoms with E-state index in [2.05, 4.69) is 5.32 Å². The van der Waals surface area contributed by atoms with Crippen molar-refractivity contribution in [2.75, 3.05) is 11.9 Å². The molecule has 4 nitrogen and oxygen atoms in total. The van der Waals surface area contributed by atoms with Gasteiger partial charge in [0.25, 0.3) is 0 Å². The van der Waals surface area contributed by atoms with Crippen LogP contribution in [0.1, 0.15) is 25.3 Å². The number of hydrogen-bond donors (Lipinski definition) is 2. The van der Waals surface area contributed by atoms with Gasteiger partial charge in [0.1, 0.15) is 5.75 Å². The summed E-state index contributed by atoms with van der Waals surface area (Å²) in [6.07, 6.45) is 1.59. The van der Waals surface area contributed by atoms with Crippen molar-refractivity contribution < 1.29 is 9.53 Å². The van der Waals surface area contributed by atoms with Gasteiger partial charge in [-0.05, 0) is 50.5 Å². The largest absolute Gasteiger partial charge is 0.494 e. The number of rotatable bonds is 4. The minimum atomic E-state index is 0.0697. The van der Waals surface area contributed by atoms with Crippen molar-refractivity contribution in [2.45, 2.75) is 32.7 Å². The molecule has 98 valence electrons. The Morgan fingerprint density at radius 3 is 2.78 bits per heavy atom. The van der Waals surface area contributed by atoms with E-state index in [0.717, 1.165) is 29.8 Å². The first-order valence-corrected chi connectivity index (χ1v) is 6.40. The molecule has 0 saturated heterocycles. The summed E-state index contributed by atoms with van der Waals surface area (Å²) in [6, 6.07) is 5.89. The molecule has 18 heavy (non-hydrogen) atoms. The zero-order valence-corrected chi connectivity index (χ0v) is 10.9. The molecule has 0 radical (unpaired) electrons. The molecule has 0 heterocycles. The van der Waals surface area contributed by atoms with E-state index in [4.69, 9.17) is 10.5 Å². The van der Waals surface area contributed by atoms with Crippen LogP contribution in [-0.2, 0) is 4.79 Å². The summed E-state index contributed by atoms with van der Waals surface area (Å²) < 4.78 is 5.46. The normalized spacial score (nSPS) is 22.2. The van der Waals surface area contributed by atoms with Gasteiger partial charge in [-0.2, -0.15) is 0 Å². The number of benzene rings is 1. The number of nitrogens with one attached hydrogen (secondary N) is 1. The van der Waals surface area contributed by atoms with Crippen LogP contribution in [-0.4, -0.2) is 18.6 Å². The molecule has 1 amide bonds. The van der Waals surface area contributed by atoms with E-state index >= 15 is 0 Å². The molecule has 0 aliphatic heterocycles. The van der Waals surface area contributed by atoms with Crippen LogP contribution in [0.3, 0.4) is 0 Å². The highest BCUT2D eigenvalue weighted by molar-refractivity contribution is 5.93. The van der Waals surface area contributed by atoms with E-state index < -0.39 is 0 Å². The first kappa shape index (κ1) is 12.9. The summed E-state index contributed by atoms with van der Waals surface area (Å²) in [5.41, 5.74) is 7.53. The second-order valence-electron chi connectivity index (χ2n) is 4.83. The third kappa shape index (κ3) is 2.82. The fourth-order valence-electron chi connectivity index (χ4n) is 2.16. The van der Waals surface area contributed by atoms with Crippen LogP contribution in [0.4, 0.5) is 5.69 Å². The molecule has 0 spiro atoms. The van der Waals surface area contributed by atoms with E-state index in [1.54, 1.807) is 0 Å². The smallest absolute Gasteiger partial charge is 0.227 e. The molecule has 2 rings (SSSR count). The lowest BCUT2D eigenvalue weighted by Gasteiger charge is -2.31. The predicted octanol–water partition coefficient (Wildman–Crippen LogP) is 2.07. The zero-order chi connectivity index (χ0) is 13.1. The van der Waals surface area contributed by atoms with E-state index in [0.29, 0.717) is 6.61 Å². The molecule has 1 aromatic rings. The second kappa shape index (κ2) is 5.40. The Balaban J connectivity index is 1.97. The first-order valence-electron chi connectivity index (χ1n) is 6.40. The summed E-state index contributed by atoms with van der Waals surface area (Å²) in [5, 5.41) is 2.92. The van der Waals surface area contributed by atoms with Gasteiger partial charge in [0, 0.05) is 17.6 Å². The molecule has 0 unspecified atom stereocenters. The van der Waals surface area contributed by atoms with Crippen LogP contribution in [0.25, 0.3) is 0 Å². The summed E-state index contributed by atoms with van der Waals surface area (Å²) in [5.74, 6) is 1.01. The van der Waals surface area contributed by atoms with Gasteiger partial charge in [-0.1, -0.05) is 0 Å². The summed E-state index contributed by atoms with van der Waals surface area (Å²) in [7, 11) is 0. The number of carbonyl (C=O) groups is 1. The van der Waals surface area contributed by atoms with Gasteiger partial charge in [-0.3, -0.25) is 4.79 Å². The number of hydrogen-bond acceptors (Lipinski definition) is 3. The van der Waals surface area contributed by atoms with Crippen molar-refractivity contribution in [3.63, 3.8) is 0 Å². The van der Waals surface area contributed by atoms with Gasteiger partial charge in [-0.25, -0.2) is 0 Å². The number of carbonyl (C=O) groups excluding carboxylic acids is 1. The Labute approximate surface area is 108 Å². The fraction of sp³-hybridized carbons (Fsp3) is 0.500. The highest BCUT2D eigenvalue weighted by Crippen LogP contribution is 2.28. The zero-order valence-electron chi connectivity index (χ0n) is 10.9. The summed E-state index contributed by atoms with van der Waals surface area (Å²) >= 11 is 0. The van der Waals surface area contributed by atoms with Crippen molar-refractivity contribution in [1.29, 1.82) is 0 Å². The quantitative estimate of drug-likeness (QED) is 0.857. The average Bonchev–Trinajstić information content (AvgIpc) is 2.28. The second-order valence-corrected chi connectivity index (χ2v) is 4.83. The Bertz CT molecular complexity index is 439. The maximum absolute atomic E-state index is 11.9. The maximum Gasteiger partial charge on any atom is 0.227 e. The van der Waals surface area contributed by atoms with Gasteiger partial charge in [0.05, 0.1) is 6.61 Å².